The van der Waals surface area contributed by atoms with E-state index in [1.807, 2.05) is 79.5 Å². The summed E-state index contributed by atoms with van der Waals surface area (Å²) in [5, 5.41) is 4.12. The third-order valence-corrected chi connectivity index (χ3v) is 5.18. The molecule has 9 nitrogen and oxygen atoms in total. The quantitative estimate of drug-likeness (QED) is 0.555. The summed E-state index contributed by atoms with van der Waals surface area (Å²) in [4.78, 5) is 30.9. The van der Waals surface area contributed by atoms with Crippen molar-refractivity contribution in [1.82, 2.24) is 19.8 Å². The molecule has 0 saturated carbocycles. The van der Waals surface area contributed by atoms with Gasteiger partial charge in [0.25, 0.3) is 0 Å². The molecule has 2 aromatic carbocycles. The Balaban J connectivity index is 1.50. The predicted molar refractivity (Wildman–Crippen MR) is 139 cm³/mol. The molecule has 0 aliphatic carbocycles. The normalized spacial score (nSPS) is 12.7. The molecule has 2 heterocycles. The minimum atomic E-state index is -0.280. The van der Waals surface area contributed by atoms with E-state index in [4.69, 9.17) is 4.74 Å². The first-order chi connectivity index (χ1) is 16.9. The number of amides is 1. The molecule has 0 atom stereocenters. The van der Waals surface area contributed by atoms with Gasteiger partial charge in [0, 0.05) is 37.4 Å². The molecule has 0 unspecified atom stereocenters. The fourth-order valence-electron chi connectivity index (χ4n) is 3.24. The van der Waals surface area contributed by atoms with Gasteiger partial charge in [-0.15, -0.1) is 0 Å². The summed E-state index contributed by atoms with van der Waals surface area (Å²) in [6.07, 6.45) is 5.17. The first-order valence-electron chi connectivity index (χ1n) is 11.0. The molecule has 0 bridgehead atoms. The van der Waals surface area contributed by atoms with Gasteiger partial charge in [-0.05, 0) is 68.6 Å². The number of likely N-dealkylation sites (N-methyl/N-ethyl adjacent to an activating group) is 1. The number of carbonyl (C=O) groups excluding carboxylic acids is 1. The lowest BCUT2D eigenvalue weighted by atomic mass is 10.2. The minimum Gasteiger partial charge on any atom is -0.439 e. The van der Waals surface area contributed by atoms with Crippen molar-refractivity contribution in [3.8, 4) is 17.6 Å². The maximum absolute atomic E-state index is 12.5. The number of benzene rings is 2. The van der Waals surface area contributed by atoms with Gasteiger partial charge < -0.3 is 19.9 Å². The minimum absolute atomic E-state index is 0.280. The van der Waals surface area contributed by atoms with Crippen molar-refractivity contribution in [2.45, 2.75) is 0 Å². The Hall–Kier alpha value is -4.42. The molecule has 9 heteroatoms. The highest BCUT2D eigenvalue weighted by atomic mass is 16.5. The van der Waals surface area contributed by atoms with Gasteiger partial charge in [-0.1, -0.05) is 5.92 Å². The molecule has 0 spiro atoms. The SMILES string of the molecule is CN(C)CC#CC(=O)N(C)c1ccc2ncnc(Nc3ccc(OC4=CCN(C)C=N4)cc3)c2c1. The summed E-state index contributed by atoms with van der Waals surface area (Å²) in [5.74, 6) is 7.16. The van der Waals surface area contributed by atoms with Crippen molar-refractivity contribution in [3.63, 3.8) is 0 Å². The van der Waals surface area contributed by atoms with Gasteiger partial charge in [-0.2, -0.15) is 0 Å². The summed E-state index contributed by atoms with van der Waals surface area (Å²) in [6.45, 7) is 1.27. The number of rotatable bonds is 6. The topological polar surface area (TPSA) is 86.2 Å². The van der Waals surface area contributed by atoms with Crippen LogP contribution in [-0.4, -0.2) is 73.3 Å². The Bertz CT molecular complexity index is 1340. The lowest BCUT2D eigenvalue weighted by molar-refractivity contribution is -0.113. The van der Waals surface area contributed by atoms with E-state index in [9.17, 15) is 4.79 Å². The Morgan fingerprint density at radius 2 is 1.94 bits per heavy atom. The summed E-state index contributed by atoms with van der Waals surface area (Å²) in [5.41, 5.74) is 2.30. The first-order valence-corrected chi connectivity index (χ1v) is 11.0. The number of aliphatic imine (C=N–C) groups is 1. The van der Waals surface area contributed by atoms with Gasteiger partial charge in [-0.25, -0.2) is 15.0 Å². The van der Waals surface area contributed by atoms with Gasteiger partial charge in [-0.3, -0.25) is 9.69 Å². The molecule has 0 radical (unpaired) electrons. The van der Waals surface area contributed by atoms with E-state index in [0.29, 0.717) is 29.7 Å². The third kappa shape index (κ3) is 6.13. The van der Waals surface area contributed by atoms with E-state index in [-0.39, 0.29) is 5.91 Å². The Kier molecular flexibility index (Phi) is 7.24. The van der Waals surface area contributed by atoms with E-state index >= 15 is 0 Å². The Morgan fingerprint density at radius 3 is 2.66 bits per heavy atom. The van der Waals surface area contributed by atoms with E-state index < -0.39 is 0 Å². The first kappa shape index (κ1) is 23.7. The number of anilines is 3. The molecular weight excluding hydrogens is 442 g/mol. The zero-order valence-corrected chi connectivity index (χ0v) is 20.2. The molecule has 1 aromatic heterocycles. The molecule has 1 amide bonds. The summed E-state index contributed by atoms with van der Waals surface area (Å²) in [6, 6.07) is 13.1. The molecule has 35 heavy (non-hydrogen) atoms. The third-order valence-electron chi connectivity index (χ3n) is 5.18. The molecule has 1 aliphatic rings. The van der Waals surface area contributed by atoms with Gasteiger partial charge in [0.1, 0.15) is 17.9 Å². The van der Waals surface area contributed by atoms with Crippen molar-refractivity contribution in [3.05, 3.63) is 60.8 Å². The average molecular weight is 470 g/mol. The predicted octanol–water partition coefficient (Wildman–Crippen LogP) is 3.10. The zero-order chi connectivity index (χ0) is 24.8. The largest absolute Gasteiger partial charge is 0.439 e. The number of aromatic nitrogens is 2. The van der Waals surface area contributed by atoms with Crippen molar-refractivity contribution < 1.29 is 9.53 Å². The second-order valence-electron chi connectivity index (χ2n) is 8.31. The maximum Gasteiger partial charge on any atom is 0.302 e. The second-order valence-corrected chi connectivity index (χ2v) is 8.31. The number of nitrogens with zero attached hydrogens (tertiary/aromatic N) is 6. The number of ether oxygens (including phenoxy) is 1. The number of carbonyl (C=O) groups is 1. The van der Waals surface area contributed by atoms with Crippen LogP contribution in [0, 0.1) is 11.8 Å². The van der Waals surface area contributed by atoms with Crippen LogP contribution in [0.15, 0.2) is 65.7 Å². The molecule has 1 aliphatic heterocycles. The molecule has 0 fully saturated rings. The highest BCUT2D eigenvalue weighted by molar-refractivity contribution is 6.06. The molecule has 178 valence electrons. The summed E-state index contributed by atoms with van der Waals surface area (Å²) >= 11 is 0. The smallest absolute Gasteiger partial charge is 0.302 e. The maximum atomic E-state index is 12.5. The number of nitrogens with one attached hydrogen (secondary N) is 1. The molecular formula is C26H27N7O2. The summed E-state index contributed by atoms with van der Waals surface area (Å²) in [7, 11) is 7.47. The Morgan fingerprint density at radius 1 is 1.14 bits per heavy atom. The van der Waals surface area contributed by atoms with Crippen LogP contribution in [0.5, 0.6) is 5.75 Å². The second kappa shape index (κ2) is 10.7. The van der Waals surface area contributed by atoms with Gasteiger partial charge in [0.2, 0.25) is 5.88 Å². The van der Waals surface area contributed by atoms with Crippen LogP contribution < -0.4 is 15.0 Å². The number of fused-ring (bicyclic) bond motifs is 1. The lowest BCUT2D eigenvalue weighted by Crippen LogP contribution is -2.24. The highest BCUT2D eigenvalue weighted by Gasteiger charge is 2.12. The van der Waals surface area contributed by atoms with Crippen LogP contribution in [0.4, 0.5) is 17.2 Å². The van der Waals surface area contributed by atoms with Crippen molar-refractivity contribution in [2.24, 2.45) is 4.99 Å². The van der Waals surface area contributed by atoms with Crippen LogP contribution in [-0.2, 0) is 4.79 Å². The van der Waals surface area contributed by atoms with Crippen molar-refractivity contribution in [1.29, 1.82) is 0 Å². The molecule has 3 aromatic rings. The summed E-state index contributed by atoms with van der Waals surface area (Å²) < 4.78 is 5.82. The van der Waals surface area contributed by atoms with E-state index in [2.05, 4.69) is 32.1 Å². The Labute approximate surface area is 204 Å². The lowest BCUT2D eigenvalue weighted by Gasteiger charge is -2.16. The highest BCUT2D eigenvalue weighted by Crippen LogP contribution is 2.28. The molecule has 0 saturated heterocycles. The van der Waals surface area contributed by atoms with Gasteiger partial charge in [0.15, 0.2) is 0 Å². The van der Waals surface area contributed by atoms with Crippen molar-refractivity contribution >= 4 is 40.3 Å². The monoisotopic (exact) mass is 469 g/mol. The van der Waals surface area contributed by atoms with Gasteiger partial charge >= 0.3 is 5.91 Å². The van der Waals surface area contributed by atoms with Crippen LogP contribution in [0.25, 0.3) is 10.9 Å². The van der Waals surface area contributed by atoms with Crippen LogP contribution >= 0.6 is 0 Å². The fraction of sp³-hybridized carbons (Fsp3) is 0.231. The standard InChI is InChI=1S/C26H27N7O2/c1-31(2)14-5-6-25(34)33(4)20-9-12-23-22(16-20)26(28-17-27-23)30-19-7-10-21(11-8-19)35-24-13-15-32(3)18-29-24/h7-13,16-18H,14-15H2,1-4H3,(H,27,28,30). The average Bonchev–Trinajstić information content (AvgIpc) is 2.86. The number of hydrogen-bond donors (Lipinski definition) is 1. The van der Waals surface area contributed by atoms with E-state index in [1.54, 1.807) is 13.4 Å². The fourth-order valence-corrected chi connectivity index (χ4v) is 3.24. The molecule has 4 rings (SSSR count). The van der Waals surface area contributed by atoms with Crippen LogP contribution in [0.2, 0.25) is 0 Å². The van der Waals surface area contributed by atoms with Crippen molar-refractivity contribution in [2.75, 3.05) is 51.5 Å². The van der Waals surface area contributed by atoms with E-state index in [1.165, 1.54) is 11.2 Å². The number of hydrogen-bond acceptors (Lipinski definition) is 8. The van der Waals surface area contributed by atoms with Gasteiger partial charge in [0.05, 0.1) is 18.4 Å². The van der Waals surface area contributed by atoms with E-state index in [0.717, 1.165) is 23.1 Å². The van der Waals surface area contributed by atoms with Crippen LogP contribution in [0.3, 0.4) is 0 Å². The zero-order valence-electron chi connectivity index (χ0n) is 20.2. The van der Waals surface area contributed by atoms with Crippen LogP contribution in [0.1, 0.15) is 0 Å². The molecule has 1 N–H and O–H groups in total.